The van der Waals surface area contributed by atoms with Gasteiger partial charge in [-0.05, 0) is 48.4 Å². The van der Waals surface area contributed by atoms with E-state index in [9.17, 15) is 18.4 Å². The van der Waals surface area contributed by atoms with Crippen molar-refractivity contribution in [1.29, 1.82) is 0 Å². The minimum atomic E-state index is -0.484. The zero-order chi connectivity index (χ0) is 26.2. The number of nitrogens with zero attached hydrogens (tertiary/aromatic N) is 2. The lowest BCUT2D eigenvalue weighted by Crippen LogP contribution is -2.51. The van der Waals surface area contributed by atoms with Gasteiger partial charge in [-0.2, -0.15) is 0 Å². The van der Waals surface area contributed by atoms with E-state index >= 15 is 0 Å². The van der Waals surface area contributed by atoms with Gasteiger partial charge < -0.3 is 20.9 Å². The van der Waals surface area contributed by atoms with Gasteiger partial charge >= 0.3 is 6.03 Å². The summed E-state index contributed by atoms with van der Waals surface area (Å²) in [6.07, 6.45) is 0. The molecule has 1 heterocycles. The topological polar surface area (TPSA) is 76.7 Å². The number of rotatable bonds is 8. The normalized spacial score (nSPS) is 14.6. The van der Waals surface area contributed by atoms with Gasteiger partial charge in [-0.1, -0.05) is 42.5 Å². The first-order valence-electron chi connectivity index (χ1n) is 12.3. The standard InChI is InChI=1S/C28H31F2N5O2/c1-2-31-27(36)26(21-6-4-3-5-7-21)35-16-14-34(15-17-35)25-13-12-23(18-24(25)30)33-28(37)32-19-20-8-10-22(29)11-9-20/h3-13,18,26H,2,14-17,19H2,1H3,(H,31,36)(H2,32,33,37). The van der Waals surface area contributed by atoms with Crippen molar-refractivity contribution in [2.75, 3.05) is 42.9 Å². The molecule has 1 unspecified atom stereocenters. The van der Waals surface area contributed by atoms with E-state index < -0.39 is 17.9 Å². The monoisotopic (exact) mass is 507 g/mol. The fourth-order valence-corrected chi connectivity index (χ4v) is 4.46. The first-order chi connectivity index (χ1) is 17.9. The summed E-state index contributed by atoms with van der Waals surface area (Å²) in [5.74, 6) is -0.822. The van der Waals surface area contributed by atoms with E-state index in [1.54, 1.807) is 24.3 Å². The van der Waals surface area contributed by atoms with Crippen molar-refractivity contribution in [2.45, 2.75) is 19.5 Å². The number of hydrogen-bond donors (Lipinski definition) is 3. The summed E-state index contributed by atoms with van der Waals surface area (Å²) in [6.45, 7) is 4.99. The largest absolute Gasteiger partial charge is 0.367 e. The molecule has 37 heavy (non-hydrogen) atoms. The number of nitrogens with one attached hydrogen (secondary N) is 3. The molecule has 0 radical (unpaired) electrons. The number of hydrogen-bond acceptors (Lipinski definition) is 4. The van der Waals surface area contributed by atoms with Crippen LogP contribution in [-0.2, 0) is 11.3 Å². The molecule has 0 spiro atoms. The molecule has 0 saturated carbocycles. The summed E-state index contributed by atoms with van der Waals surface area (Å²) in [5, 5.41) is 8.22. The number of carbonyl (C=O) groups excluding carboxylic acids is 2. The lowest BCUT2D eigenvalue weighted by atomic mass is 10.0. The number of likely N-dealkylation sites (N-methyl/N-ethyl adjacent to an activating group) is 1. The predicted octanol–water partition coefficient (Wildman–Crippen LogP) is 4.29. The molecule has 194 valence electrons. The molecule has 4 rings (SSSR count). The summed E-state index contributed by atoms with van der Waals surface area (Å²) >= 11 is 0. The summed E-state index contributed by atoms with van der Waals surface area (Å²) in [7, 11) is 0. The minimum Gasteiger partial charge on any atom is -0.367 e. The zero-order valence-corrected chi connectivity index (χ0v) is 20.7. The molecule has 7 nitrogen and oxygen atoms in total. The van der Waals surface area contributed by atoms with Crippen molar-refractivity contribution in [3.8, 4) is 0 Å². The maximum atomic E-state index is 15.0. The van der Waals surface area contributed by atoms with Gasteiger partial charge in [0.15, 0.2) is 0 Å². The van der Waals surface area contributed by atoms with E-state index in [4.69, 9.17) is 0 Å². The van der Waals surface area contributed by atoms with Crippen molar-refractivity contribution in [1.82, 2.24) is 15.5 Å². The average Bonchev–Trinajstić information content (AvgIpc) is 2.90. The lowest BCUT2D eigenvalue weighted by molar-refractivity contribution is -0.126. The average molecular weight is 508 g/mol. The van der Waals surface area contributed by atoms with Gasteiger partial charge in [-0.25, -0.2) is 13.6 Å². The van der Waals surface area contributed by atoms with Crippen LogP contribution in [0.4, 0.5) is 25.0 Å². The fourth-order valence-electron chi connectivity index (χ4n) is 4.46. The van der Waals surface area contributed by atoms with Crippen LogP contribution in [0.5, 0.6) is 0 Å². The second-order valence-electron chi connectivity index (χ2n) is 8.83. The molecule has 1 fully saturated rings. The van der Waals surface area contributed by atoms with Gasteiger partial charge in [0.05, 0.1) is 5.69 Å². The smallest absolute Gasteiger partial charge is 0.319 e. The summed E-state index contributed by atoms with van der Waals surface area (Å²) in [5.41, 5.74) is 2.46. The van der Waals surface area contributed by atoms with E-state index in [1.807, 2.05) is 42.2 Å². The van der Waals surface area contributed by atoms with Crippen LogP contribution in [0.1, 0.15) is 24.1 Å². The van der Waals surface area contributed by atoms with Gasteiger partial charge in [0.2, 0.25) is 5.91 Å². The van der Waals surface area contributed by atoms with Crippen molar-refractivity contribution in [2.24, 2.45) is 0 Å². The fraction of sp³-hybridized carbons (Fsp3) is 0.286. The second-order valence-corrected chi connectivity index (χ2v) is 8.83. The molecule has 0 aliphatic carbocycles. The Morgan fingerprint density at radius 1 is 0.892 bits per heavy atom. The number of carbonyl (C=O) groups is 2. The molecule has 3 aromatic rings. The van der Waals surface area contributed by atoms with E-state index in [-0.39, 0.29) is 18.3 Å². The zero-order valence-electron chi connectivity index (χ0n) is 20.7. The van der Waals surface area contributed by atoms with Crippen LogP contribution in [0.2, 0.25) is 0 Å². The van der Waals surface area contributed by atoms with E-state index in [0.717, 1.165) is 11.1 Å². The maximum Gasteiger partial charge on any atom is 0.319 e. The third kappa shape index (κ3) is 6.83. The van der Waals surface area contributed by atoms with Crippen molar-refractivity contribution in [3.63, 3.8) is 0 Å². The number of halogens is 2. The molecular weight excluding hydrogens is 476 g/mol. The Labute approximate surface area is 215 Å². The maximum absolute atomic E-state index is 15.0. The molecule has 3 N–H and O–H groups in total. The number of anilines is 2. The molecule has 9 heteroatoms. The molecular formula is C28H31F2N5O2. The van der Waals surface area contributed by atoms with Gasteiger partial charge in [0, 0.05) is 45.0 Å². The van der Waals surface area contributed by atoms with Gasteiger partial charge in [0.25, 0.3) is 0 Å². The Bertz CT molecular complexity index is 1200. The highest BCUT2D eigenvalue weighted by Gasteiger charge is 2.30. The minimum absolute atomic E-state index is 0.0403. The molecule has 3 aromatic carbocycles. The quantitative estimate of drug-likeness (QED) is 0.425. The molecule has 1 aliphatic rings. The Hall–Kier alpha value is -3.98. The van der Waals surface area contributed by atoms with Crippen LogP contribution in [-0.4, -0.2) is 49.6 Å². The highest BCUT2D eigenvalue weighted by molar-refractivity contribution is 5.89. The summed E-state index contributed by atoms with van der Waals surface area (Å²) in [6, 6.07) is 19.2. The first-order valence-corrected chi connectivity index (χ1v) is 12.3. The van der Waals surface area contributed by atoms with Gasteiger partial charge in [-0.15, -0.1) is 0 Å². The predicted molar refractivity (Wildman–Crippen MR) is 140 cm³/mol. The van der Waals surface area contributed by atoms with Crippen molar-refractivity contribution in [3.05, 3.63) is 95.6 Å². The second kappa shape index (κ2) is 12.3. The van der Waals surface area contributed by atoms with Crippen molar-refractivity contribution < 1.29 is 18.4 Å². The third-order valence-corrected chi connectivity index (χ3v) is 6.31. The number of urea groups is 1. The van der Waals surface area contributed by atoms with E-state index in [0.29, 0.717) is 44.1 Å². The van der Waals surface area contributed by atoms with Crippen LogP contribution in [0.25, 0.3) is 0 Å². The lowest BCUT2D eigenvalue weighted by Gasteiger charge is -2.39. The molecule has 1 saturated heterocycles. The Morgan fingerprint density at radius 2 is 1.59 bits per heavy atom. The number of amides is 3. The Balaban J connectivity index is 1.34. The Morgan fingerprint density at radius 3 is 2.24 bits per heavy atom. The molecule has 0 bridgehead atoms. The van der Waals surface area contributed by atoms with Gasteiger partial charge in [-0.3, -0.25) is 9.69 Å². The van der Waals surface area contributed by atoms with E-state index in [2.05, 4.69) is 20.9 Å². The molecule has 1 aliphatic heterocycles. The molecule has 1 atom stereocenters. The first kappa shape index (κ1) is 26.1. The van der Waals surface area contributed by atoms with Crippen LogP contribution in [0.3, 0.4) is 0 Å². The number of piperazine rings is 1. The summed E-state index contributed by atoms with van der Waals surface area (Å²) < 4.78 is 28.0. The third-order valence-electron chi connectivity index (χ3n) is 6.31. The Kier molecular flexibility index (Phi) is 8.68. The SMILES string of the molecule is CCNC(=O)C(c1ccccc1)N1CCN(c2ccc(NC(=O)NCc3ccc(F)cc3)cc2F)CC1. The summed E-state index contributed by atoms with van der Waals surface area (Å²) in [4.78, 5) is 29.1. The highest BCUT2D eigenvalue weighted by Crippen LogP contribution is 2.27. The van der Waals surface area contributed by atoms with Crippen LogP contribution in [0, 0.1) is 11.6 Å². The molecule has 3 amide bonds. The van der Waals surface area contributed by atoms with Gasteiger partial charge in [0.1, 0.15) is 17.7 Å². The van der Waals surface area contributed by atoms with E-state index in [1.165, 1.54) is 18.2 Å². The van der Waals surface area contributed by atoms with Crippen molar-refractivity contribution >= 4 is 23.3 Å². The highest BCUT2D eigenvalue weighted by atomic mass is 19.1. The van der Waals surface area contributed by atoms with Crippen LogP contribution < -0.4 is 20.9 Å². The molecule has 0 aromatic heterocycles. The number of benzene rings is 3. The van der Waals surface area contributed by atoms with Crippen LogP contribution in [0.15, 0.2) is 72.8 Å². The van der Waals surface area contributed by atoms with Crippen LogP contribution >= 0.6 is 0 Å².